The number of nitrogens with one attached hydrogen (secondary N) is 2. The molecular weight excluding hydrogens is 653 g/mol. The number of alkyl carbamates (subject to hydrolysis) is 1. The summed E-state index contributed by atoms with van der Waals surface area (Å²) in [5.41, 5.74) is 3.95. The van der Waals surface area contributed by atoms with Gasteiger partial charge in [-0.15, -0.1) is 0 Å². The van der Waals surface area contributed by atoms with Gasteiger partial charge in [0.2, 0.25) is 5.91 Å². The maximum atomic E-state index is 13.2. The Morgan fingerprint density at radius 3 is 2.48 bits per heavy atom. The Bertz CT molecular complexity index is 1550. The van der Waals surface area contributed by atoms with E-state index in [1.165, 1.54) is 10.5 Å². The summed E-state index contributed by atoms with van der Waals surface area (Å²) in [5.74, 6) is -0.379. The van der Waals surface area contributed by atoms with Gasteiger partial charge in [-0.25, -0.2) is 9.10 Å². The number of amides is 3. The molecule has 3 saturated heterocycles. The number of benzene rings is 2. The predicted octanol–water partition coefficient (Wildman–Crippen LogP) is 4.83. The lowest BCUT2D eigenvalue weighted by Crippen LogP contribution is -2.59. The molecule has 0 aliphatic carbocycles. The van der Waals surface area contributed by atoms with E-state index in [9.17, 15) is 19.2 Å². The van der Waals surface area contributed by atoms with Crippen LogP contribution in [0.1, 0.15) is 80.8 Å². The molecule has 1 atom stereocenters. The fourth-order valence-electron chi connectivity index (χ4n) is 7.84. The van der Waals surface area contributed by atoms with Crippen molar-refractivity contribution in [3.05, 3.63) is 59.2 Å². The van der Waals surface area contributed by atoms with E-state index < -0.39 is 11.6 Å². The van der Waals surface area contributed by atoms with Crippen molar-refractivity contribution >= 4 is 41.8 Å². The average molecular weight is 705 g/mol. The first-order valence-electron chi connectivity index (χ1n) is 18.0. The molecule has 6 rings (SSSR count). The molecule has 270 valence electrons. The largest absolute Gasteiger partial charge is 0.444 e. The Morgan fingerprint density at radius 1 is 1.06 bits per heavy atom. The number of nitrogens with zero attached hydrogens (tertiary/aromatic N) is 4. The zero-order valence-electron chi connectivity index (χ0n) is 29.9. The Kier molecular flexibility index (Phi) is 11.1. The van der Waals surface area contributed by atoms with Crippen molar-refractivity contribution in [3.8, 4) is 0 Å². The number of carbonyl (C=O) groups is 4. The van der Waals surface area contributed by atoms with Gasteiger partial charge in [0.25, 0.3) is 5.91 Å². The lowest BCUT2D eigenvalue weighted by atomic mass is 9.72. The third kappa shape index (κ3) is 8.63. The van der Waals surface area contributed by atoms with Crippen molar-refractivity contribution < 1.29 is 23.9 Å². The van der Waals surface area contributed by atoms with E-state index >= 15 is 0 Å². The Labute approximate surface area is 300 Å². The summed E-state index contributed by atoms with van der Waals surface area (Å²) in [6.45, 7) is 13.0. The van der Waals surface area contributed by atoms with E-state index in [2.05, 4.69) is 55.1 Å². The second kappa shape index (κ2) is 15.3. The topological polar surface area (TPSA) is 115 Å². The monoisotopic (exact) mass is 704 g/mol. The molecule has 3 fully saturated rings. The number of aldehydes is 1. The Hall–Kier alpha value is -3.61. The number of hydrogen-bond acceptors (Lipinski definition) is 9. The number of fused-ring (bicyclic) bond motifs is 1. The van der Waals surface area contributed by atoms with Crippen molar-refractivity contribution in [1.82, 2.24) is 24.7 Å². The minimum Gasteiger partial charge on any atom is -0.444 e. The van der Waals surface area contributed by atoms with Gasteiger partial charge in [0.1, 0.15) is 17.9 Å². The quantitative estimate of drug-likeness (QED) is 0.251. The van der Waals surface area contributed by atoms with Crippen molar-refractivity contribution in [3.63, 3.8) is 0 Å². The number of rotatable bonds is 11. The summed E-state index contributed by atoms with van der Waals surface area (Å²) < 4.78 is 7.82. The number of likely N-dealkylation sites (tertiary alicyclic amines) is 1. The molecule has 0 radical (unpaired) electrons. The van der Waals surface area contributed by atoms with Crippen molar-refractivity contribution in [2.45, 2.75) is 95.0 Å². The van der Waals surface area contributed by atoms with Crippen molar-refractivity contribution in [2.75, 3.05) is 51.2 Å². The molecule has 12 heteroatoms. The first-order chi connectivity index (χ1) is 23.9. The lowest BCUT2D eigenvalue weighted by molar-refractivity contribution is -0.125. The van der Waals surface area contributed by atoms with Gasteiger partial charge in [-0.2, -0.15) is 0 Å². The molecule has 2 aromatic rings. The highest BCUT2D eigenvalue weighted by atomic mass is 32.2. The van der Waals surface area contributed by atoms with Crippen LogP contribution in [-0.4, -0.2) is 102 Å². The van der Waals surface area contributed by atoms with Crippen LogP contribution < -0.4 is 15.5 Å². The highest BCUT2D eigenvalue weighted by Crippen LogP contribution is 2.42. The summed E-state index contributed by atoms with van der Waals surface area (Å²) in [6.07, 6.45) is 5.13. The summed E-state index contributed by atoms with van der Waals surface area (Å²) in [7, 11) is 1.56. The molecule has 1 unspecified atom stereocenters. The van der Waals surface area contributed by atoms with Crippen LogP contribution in [0.25, 0.3) is 0 Å². The number of hydrogen-bond donors (Lipinski definition) is 2. The highest BCUT2D eigenvalue weighted by Gasteiger charge is 2.45. The fourth-order valence-corrected chi connectivity index (χ4v) is 8.88. The minimum atomic E-state index is -0.648. The van der Waals surface area contributed by atoms with Crippen LogP contribution in [0.2, 0.25) is 0 Å². The van der Waals surface area contributed by atoms with Gasteiger partial charge in [0, 0.05) is 88.0 Å². The average Bonchev–Trinajstić information content (AvgIpc) is 3.39. The Morgan fingerprint density at radius 2 is 1.80 bits per heavy atom. The molecule has 4 aliphatic heterocycles. The van der Waals surface area contributed by atoms with Crippen LogP contribution in [-0.2, 0) is 27.4 Å². The molecule has 4 aliphatic rings. The van der Waals surface area contributed by atoms with Gasteiger partial charge in [-0.05, 0) is 112 Å². The summed E-state index contributed by atoms with van der Waals surface area (Å²) in [5, 5.41) is 5.67. The van der Waals surface area contributed by atoms with E-state index in [0.29, 0.717) is 23.9 Å². The number of likely N-dealkylation sites (N-methyl/N-ethyl adjacent to an activating group) is 1. The van der Waals surface area contributed by atoms with Crippen molar-refractivity contribution in [2.24, 2.45) is 5.41 Å². The molecule has 50 heavy (non-hydrogen) atoms. The SMILES string of the molecule is CNC(=O)C(CCC=O)N1Cc2cc(N3CCC4(CC3)CN(Cc3cccc(SN5CCC(NC(=O)OC(C)(C)C)CC5)c3)C4)ccc2C1=O. The molecule has 0 aromatic heterocycles. The standard InChI is InChI=1S/C38H52N6O5S/c1-37(2,3)49-36(48)40-29-12-16-43(17-13-29)50-31-8-5-7-27(21-31)23-41-25-38(26-41)14-18-42(19-15-38)30-10-11-32-28(22-30)24-44(35(32)47)33(9-6-20-45)34(46)39-4/h5,7-8,10-11,20-22,29,33H,6,9,12-19,23-26H2,1-4H3,(H,39,46)(H,40,48). The normalized spacial score (nSPS) is 20.3. The van der Waals surface area contributed by atoms with Crippen LogP contribution >= 0.6 is 11.9 Å². The smallest absolute Gasteiger partial charge is 0.407 e. The fraction of sp³-hybridized carbons (Fsp3) is 0.579. The maximum Gasteiger partial charge on any atom is 0.407 e. The first-order valence-corrected chi connectivity index (χ1v) is 18.8. The summed E-state index contributed by atoms with van der Waals surface area (Å²) >= 11 is 1.81. The highest BCUT2D eigenvalue weighted by molar-refractivity contribution is 7.97. The lowest BCUT2D eigenvalue weighted by Gasteiger charge is -2.54. The molecule has 0 bridgehead atoms. The number of anilines is 1. The van der Waals surface area contributed by atoms with Crippen LogP contribution in [0.15, 0.2) is 47.4 Å². The van der Waals surface area contributed by atoms with Crippen LogP contribution in [0, 0.1) is 5.41 Å². The number of piperidine rings is 2. The molecule has 2 N–H and O–H groups in total. The second-order valence-electron chi connectivity index (χ2n) is 15.4. The molecule has 3 amide bonds. The number of carbonyl (C=O) groups excluding carboxylic acids is 4. The van der Waals surface area contributed by atoms with Gasteiger partial charge in [-0.3, -0.25) is 14.5 Å². The van der Waals surface area contributed by atoms with E-state index in [1.807, 2.05) is 44.9 Å². The van der Waals surface area contributed by atoms with Crippen LogP contribution in [0.5, 0.6) is 0 Å². The minimum absolute atomic E-state index is 0.142. The molecule has 0 saturated carbocycles. The van der Waals surface area contributed by atoms with Crippen molar-refractivity contribution in [1.29, 1.82) is 0 Å². The molecule has 4 heterocycles. The van der Waals surface area contributed by atoms with Gasteiger partial charge in [0.05, 0.1) is 0 Å². The van der Waals surface area contributed by atoms with Crippen LogP contribution in [0.3, 0.4) is 0 Å². The van der Waals surface area contributed by atoms with Crippen LogP contribution in [0.4, 0.5) is 10.5 Å². The third-order valence-corrected chi connectivity index (χ3v) is 11.5. The Balaban J connectivity index is 0.947. The van der Waals surface area contributed by atoms with Gasteiger partial charge >= 0.3 is 6.09 Å². The molecule has 1 spiro atoms. The predicted molar refractivity (Wildman–Crippen MR) is 195 cm³/mol. The number of ether oxygens (including phenoxy) is 1. The molecular formula is C38H52N6O5S. The zero-order valence-corrected chi connectivity index (χ0v) is 30.7. The zero-order chi connectivity index (χ0) is 35.5. The maximum absolute atomic E-state index is 13.2. The third-order valence-electron chi connectivity index (χ3n) is 10.4. The molecule has 2 aromatic carbocycles. The van der Waals surface area contributed by atoms with Gasteiger partial charge in [0.15, 0.2) is 0 Å². The second-order valence-corrected chi connectivity index (χ2v) is 16.5. The van der Waals surface area contributed by atoms with Gasteiger partial charge in [-0.1, -0.05) is 12.1 Å². The summed E-state index contributed by atoms with van der Waals surface area (Å²) in [4.78, 5) is 56.8. The van der Waals surface area contributed by atoms with E-state index in [0.717, 1.165) is 89.0 Å². The summed E-state index contributed by atoms with van der Waals surface area (Å²) in [6, 6.07) is 14.5. The van der Waals surface area contributed by atoms with E-state index in [1.54, 1.807) is 11.9 Å². The van der Waals surface area contributed by atoms with E-state index in [-0.39, 0.29) is 30.4 Å². The van der Waals surface area contributed by atoms with E-state index in [4.69, 9.17) is 4.74 Å². The molecule has 11 nitrogen and oxygen atoms in total. The first kappa shape index (κ1) is 36.2. The van der Waals surface area contributed by atoms with Gasteiger partial charge < -0.3 is 30.0 Å².